The van der Waals surface area contributed by atoms with Crippen molar-refractivity contribution in [1.82, 2.24) is 14.7 Å². The van der Waals surface area contributed by atoms with Gasteiger partial charge in [-0.15, -0.1) is 0 Å². The highest BCUT2D eigenvalue weighted by Crippen LogP contribution is 2.28. The van der Waals surface area contributed by atoms with Gasteiger partial charge >= 0.3 is 0 Å². The third-order valence-corrected chi connectivity index (χ3v) is 5.23. The standard InChI is InChI=1S/C19H27Cl2N3O3/c1-4-23(5-2)18(25)13-22-8-10-24(11-9-22)19(26)14(3)27-17-7-6-15(20)12-16(17)21/h6-7,12,14H,4-5,8-11,13H2,1-3H3. The molecule has 8 heteroatoms. The number of benzene rings is 1. The lowest BCUT2D eigenvalue weighted by molar-refractivity contribution is -0.140. The Kier molecular flexibility index (Phi) is 8.20. The summed E-state index contributed by atoms with van der Waals surface area (Å²) in [7, 11) is 0. The molecule has 6 nitrogen and oxygen atoms in total. The Morgan fingerprint density at radius 3 is 2.33 bits per heavy atom. The van der Waals surface area contributed by atoms with Gasteiger partial charge in [0.1, 0.15) is 5.75 Å². The van der Waals surface area contributed by atoms with Crippen LogP contribution in [0.5, 0.6) is 5.75 Å². The molecule has 1 aliphatic heterocycles. The normalized spacial score (nSPS) is 16.1. The van der Waals surface area contributed by atoms with E-state index in [2.05, 4.69) is 4.90 Å². The monoisotopic (exact) mass is 415 g/mol. The molecule has 0 spiro atoms. The van der Waals surface area contributed by atoms with Crippen LogP contribution in [0.4, 0.5) is 0 Å². The van der Waals surface area contributed by atoms with E-state index < -0.39 is 6.10 Å². The molecule has 1 unspecified atom stereocenters. The van der Waals surface area contributed by atoms with Crippen LogP contribution in [0.3, 0.4) is 0 Å². The van der Waals surface area contributed by atoms with Crippen LogP contribution < -0.4 is 4.74 Å². The van der Waals surface area contributed by atoms with Crippen molar-refractivity contribution in [2.45, 2.75) is 26.9 Å². The number of likely N-dealkylation sites (N-methyl/N-ethyl adjacent to an activating group) is 1. The molecule has 0 radical (unpaired) electrons. The van der Waals surface area contributed by atoms with Gasteiger partial charge in [-0.2, -0.15) is 0 Å². The van der Waals surface area contributed by atoms with Crippen molar-refractivity contribution in [2.75, 3.05) is 45.8 Å². The fraction of sp³-hybridized carbons (Fsp3) is 0.579. The third kappa shape index (κ3) is 5.99. The van der Waals surface area contributed by atoms with E-state index in [1.54, 1.807) is 30.0 Å². The van der Waals surface area contributed by atoms with Crippen molar-refractivity contribution in [2.24, 2.45) is 0 Å². The summed E-state index contributed by atoms with van der Waals surface area (Å²) in [5.74, 6) is 0.481. The lowest BCUT2D eigenvalue weighted by Gasteiger charge is -2.36. The SMILES string of the molecule is CCN(CC)C(=O)CN1CCN(C(=O)C(C)Oc2ccc(Cl)cc2Cl)CC1. The van der Waals surface area contributed by atoms with Crippen molar-refractivity contribution < 1.29 is 14.3 Å². The largest absolute Gasteiger partial charge is 0.479 e. The van der Waals surface area contributed by atoms with Crippen LogP contribution >= 0.6 is 23.2 Å². The fourth-order valence-corrected chi connectivity index (χ4v) is 3.52. The predicted molar refractivity (Wildman–Crippen MR) is 108 cm³/mol. The van der Waals surface area contributed by atoms with Crippen LogP contribution in [0.25, 0.3) is 0 Å². The molecule has 2 rings (SSSR count). The summed E-state index contributed by atoms with van der Waals surface area (Å²) in [6.07, 6.45) is -0.646. The second kappa shape index (κ2) is 10.2. The van der Waals surface area contributed by atoms with Crippen molar-refractivity contribution in [3.63, 3.8) is 0 Å². The van der Waals surface area contributed by atoms with Gasteiger partial charge in [-0.3, -0.25) is 14.5 Å². The summed E-state index contributed by atoms with van der Waals surface area (Å²) in [6, 6.07) is 4.91. The van der Waals surface area contributed by atoms with Crippen LogP contribution in [0.2, 0.25) is 10.0 Å². The van der Waals surface area contributed by atoms with E-state index in [0.29, 0.717) is 48.5 Å². The number of carbonyl (C=O) groups excluding carboxylic acids is 2. The van der Waals surface area contributed by atoms with Crippen LogP contribution in [-0.4, -0.2) is 78.4 Å². The number of hydrogen-bond acceptors (Lipinski definition) is 4. The topological polar surface area (TPSA) is 53.1 Å². The molecule has 1 saturated heterocycles. The van der Waals surface area contributed by atoms with Gasteiger partial charge < -0.3 is 14.5 Å². The van der Waals surface area contributed by atoms with Crippen LogP contribution in [0, 0.1) is 0 Å². The molecule has 1 aromatic carbocycles. The van der Waals surface area contributed by atoms with Crippen molar-refractivity contribution >= 4 is 35.0 Å². The molecular weight excluding hydrogens is 389 g/mol. The zero-order chi connectivity index (χ0) is 20.0. The summed E-state index contributed by atoms with van der Waals surface area (Å²) in [4.78, 5) is 30.5. The third-order valence-electron chi connectivity index (χ3n) is 4.70. The molecule has 1 aromatic rings. The van der Waals surface area contributed by atoms with Gasteiger partial charge in [-0.1, -0.05) is 23.2 Å². The quantitative estimate of drug-likeness (QED) is 0.686. The Morgan fingerprint density at radius 1 is 1.15 bits per heavy atom. The smallest absolute Gasteiger partial charge is 0.263 e. The maximum Gasteiger partial charge on any atom is 0.263 e. The zero-order valence-electron chi connectivity index (χ0n) is 16.1. The zero-order valence-corrected chi connectivity index (χ0v) is 17.6. The minimum absolute atomic E-state index is 0.0873. The molecule has 1 fully saturated rings. The molecule has 1 heterocycles. The van der Waals surface area contributed by atoms with E-state index in [-0.39, 0.29) is 11.8 Å². The van der Waals surface area contributed by atoms with Crippen LogP contribution in [-0.2, 0) is 9.59 Å². The first-order valence-electron chi connectivity index (χ1n) is 9.26. The van der Waals surface area contributed by atoms with E-state index in [4.69, 9.17) is 27.9 Å². The highest BCUT2D eigenvalue weighted by molar-refractivity contribution is 6.35. The Bertz CT molecular complexity index is 660. The van der Waals surface area contributed by atoms with Gasteiger partial charge in [0.05, 0.1) is 11.6 Å². The van der Waals surface area contributed by atoms with E-state index in [0.717, 1.165) is 13.1 Å². The van der Waals surface area contributed by atoms with Crippen molar-refractivity contribution in [3.8, 4) is 5.75 Å². The van der Waals surface area contributed by atoms with E-state index >= 15 is 0 Å². The lowest BCUT2D eigenvalue weighted by atomic mass is 10.2. The molecule has 1 aliphatic rings. The number of nitrogens with zero attached hydrogens (tertiary/aromatic N) is 3. The average molecular weight is 416 g/mol. The number of ether oxygens (including phenoxy) is 1. The highest BCUT2D eigenvalue weighted by atomic mass is 35.5. The van der Waals surface area contributed by atoms with Gasteiger partial charge in [0, 0.05) is 44.3 Å². The van der Waals surface area contributed by atoms with Gasteiger partial charge in [0.25, 0.3) is 5.91 Å². The Labute approximate surface area is 170 Å². The molecule has 0 saturated carbocycles. The van der Waals surface area contributed by atoms with Crippen LogP contribution in [0.15, 0.2) is 18.2 Å². The number of rotatable bonds is 7. The Hall–Kier alpha value is -1.50. The Balaban J connectivity index is 1.84. The Morgan fingerprint density at radius 2 is 1.78 bits per heavy atom. The van der Waals surface area contributed by atoms with Gasteiger partial charge in [-0.05, 0) is 39.0 Å². The molecule has 2 amide bonds. The molecule has 0 aromatic heterocycles. The highest BCUT2D eigenvalue weighted by Gasteiger charge is 2.27. The minimum Gasteiger partial charge on any atom is -0.479 e. The number of carbonyl (C=O) groups is 2. The second-order valence-corrected chi connectivity index (χ2v) is 7.35. The first-order chi connectivity index (χ1) is 12.8. The van der Waals surface area contributed by atoms with Gasteiger partial charge in [0.15, 0.2) is 6.10 Å². The van der Waals surface area contributed by atoms with Crippen molar-refractivity contribution in [1.29, 1.82) is 0 Å². The first kappa shape index (κ1) is 21.8. The van der Waals surface area contributed by atoms with Gasteiger partial charge in [-0.25, -0.2) is 0 Å². The predicted octanol–water partition coefficient (Wildman–Crippen LogP) is 2.77. The van der Waals surface area contributed by atoms with Gasteiger partial charge in [0.2, 0.25) is 5.91 Å². The maximum atomic E-state index is 12.6. The first-order valence-corrected chi connectivity index (χ1v) is 10.0. The molecule has 0 bridgehead atoms. The van der Waals surface area contributed by atoms with Crippen molar-refractivity contribution in [3.05, 3.63) is 28.2 Å². The molecule has 150 valence electrons. The summed E-state index contributed by atoms with van der Waals surface area (Å²) in [5, 5.41) is 0.892. The number of hydrogen-bond donors (Lipinski definition) is 0. The summed E-state index contributed by atoms with van der Waals surface area (Å²) < 4.78 is 5.71. The van der Waals surface area contributed by atoms with E-state index in [1.165, 1.54) is 0 Å². The average Bonchev–Trinajstić information content (AvgIpc) is 2.65. The number of halogens is 2. The molecule has 0 aliphatic carbocycles. The molecule has 1 atom stereocenters. The minimum atomic E-state index is -0.646. The number of piperazine rings is 1. The summed E-state index contributed by atoms with van der Waals surface area (Å²) in [6.45, 7) is 10.0. The van der Waals surface area contributed by atoms with Crippen LogP contribution in [0.1, 0.15) is 20.8 Å². The fourth-order valence-electron chi connectivity index (χ4n) is 3.06. The summed E-state index contributed by atoms with van der Waals surface area (Å²) in [5.41, 5.74) is 0. The molecular formula is C19H27Cl2N3O3. The van der Waals surface area contributed by atoms with E-state index in [9.17, 15) is 9.59 Å². The molecule has 0 N–H and O–H groups in total. The second-order valence-electron chi connectivity index (χ2n) is 6.50. The number of amides is 2. The maximum absolute atomic E-state index is 12.6. The molecule has 27 heavy (non-hydrogen) atoms. The van der Waals surface area contributed by atoms with E-state index in [1.807, 2.05) is 18.7 Å². The lowest BCUT2D eigenvalue weighted by Crippen LogP contribution is -2.53. The summed E-state index contributed by atoms with van der Waals surface area (Å²) >= 11 is 12.0.